The van der Waals surface area contributed by atoms with Gasteiger partial charge in [0.2, 0.25) is 0 Å². The zero-order valence-corrected chi connectivity index (χ0v) is 16.2. The summed E-state index contributed by atoms with van der Waals surface area (Å²) in [5.41, 5.74) is 6.42. The van der Waals surface area contributed by atoms with E-state index in [0.29, 0.717) is 52.7 Å². The van der Waals surface area contributed by atoms with Crippen molar-refractivity contribution in [2.75, 3.05) is 79.2 Å². The molecule has 4 aliphatic rings. The van der Waals surface area contributed by atoms with Crippen LogP contribution in [0.25, 0.3) is 0 Å². The van der Waals surface area contributed by atoms with Gasteiger partial charge in [-0.05, 0) is 0 Å². The third kappa shape index (κ3) is 9.40. The molecule has 0 saturated carbocycles. The third-order valence-electron chi connectivity index (χ3n) is 4.64. The summed E-state index contributed by atoms with van der Waals surface area (Å²) in [7, 11) is 0. The Hall–Kier alpha value is -0.400. The van der Waals surface area contributed by atoms with Gasteiger partial charge in [-0.15, -0.1) is 0 Å². The SMILES string of the molecule is C(NNCC(COCC1CO1)OCC1CO1)C(COCC1CO1)OCC1CO1. The van der Waals surface area contributed by atoms with E-state index in [2.05, 4.69) is 10.9 Å². The van der Waals surface area contributed by atoms with Crippen LogP contribution in [-0.2, 0) is 37.9 Å². The van der Waals surface area contributed by atoms with E-state index in [1.54, 1.807) is 0 Å². The first kappa shape index (κ1) is 20.9. The second kappa shape index (κ2) is 11.1. The van der Waals surface area contributed by atoms with Crippen LogP contribution in [0.1, 0.15) is 0 Å². The number of ether oxygens (including phenoxy) is 8. The maximum atomic E-state index is 5.88. The summed E-state index contributed by atoms with van der Waals surface area (Å²) < 4.78 is 43.9. The normalized spacial score (nSPS) is 32.1. The molecular formula is C18H32N2O8. The van der Waals surface area contributed by atoms with Crippen molar-refractivity contribution >= 4 is 0 Å². The van der Waals surface area contributed by atoms with E-state index >= 15 is 0 Å². The fourth-order valence-electron chi connectivity index (χ4n) is 2.51. The zero-order chi connectivity index (χ0) is 19.0. The molecule has 162 valence electrons. The quantitative estimate of drug-likeness (QED) is 0.150. The number of hydrazine groups is 1. The Morgan fingerprint density at radius 3 is 1.32 bits per heavy atom. The summed E-state index contributed by atoms with van der Waals surface area (Å²) in [4.78, 5) is 0. The molecule has 0 bridgehead atoms. The third-order valence-corrected chi connectivity index (χ3v) is 4.64. The van der Waals surface area contributed by atoms with Crippen molar-refractivity contribution in [3.8, 4) is 0 Å². The summed E-state index contributed by atoms with van der Waals surface area (Å²) in [6, 6.07) is 0. The van der Waals surface area contributed by atoms with Gasteiger partial charge in [0.1, 0.15) is 24.4 Å². The molecule has 0 radical (unpaired) electrons. The first-order valence-corrected chi connectivity index (χ1v) is 10.2. The molecule has 0 aromatic heterocycles. The van der Waals surface area contributed by atoms with Crippen LogP contribution in [0.5, 0.6) is 0 Å². The molecule has 4 saturated heterocycles. The van der Waals surface area contributed by atoms with E-state index in [9.17, 15) is 0 Å². The lowest BCUT2D eigenvalue weighted by molar-refractivity contribution is -0.0322. The van der Waals surface area contributed by atoms with Gasteiger partial charge in [0.05, 0.1) is 78.3 Å². The highest BCUT2D eigenvalue weighted by Crippen LogP contribution is 2.13. The van der Waals surface area contributed by atoms with E-state index in [0.717, 1.165) is 26.4 Å². The van der Waals surface area contributed by atoms with Crippen molar-refractivity contribution in [1.29, 1.82) is 0 Å². The molecule has 0 spiro atoms. The van der Waals surface area contributed by atoms with Crippen LogP contribution in [-0.4, -0.2) is 116 Å². The van der Waals surface area contributed by atoms with E-state index in [-0.39, 0.29) is 36.6 Å². The lowest BCUT2D eigenvalue weighted by Gasteiger charge is -2.21. The molecular weight excluding hydrogens is 372 g/mol. The van der Waals surface area contributed by atoms with Gasteiger partial charge in [0, 0.05) is 13.1 Å². The van der Waals surface area contributed by atoms with Gasteiger partial charge in [0.25, 0.3) is 0 Å². The molecule has 0 aliphatic carbocycles. The number of hydrogen-bond donors (Lipinski definition) is 2. The molecule has 0 amide bonds. The van der Waals surface area contributed by atoms with Crippen molar-refractivity contribution < 1.29 is 37.9 Å². The molecule has 2 N–H and O–H groups in total. The molecule has 10 heteroatoms. The first-order chi connectivity index (χ1) is 13.8. The van der Waals surface area contributed by atoms with Crippen LogP contribution in [0.3, 0.4) is 0 Å². The summed E-state index contributed by atoms with van der Waals surface area (Å²) in [5.74, 6) is 0. The molecule has 0 aromatic rings. The number of hydrogen-bond acceptors (Lipinski definition) is 10. The van der Waals surface area contributed by atoms with Crippen LogP contribution < -0.4 is 10.9 Å². The minimum atomic E-state index is -0.0575. The standard InChI is InChI=1S/C18H32N2O8/c1(13(23-9-17-11-27-17)3-21-5-15-7-25-15)19-20-2-14(24-10-18-12-28-18)4-22-6-16-8-26-16/h13-20H,1-12H2. The summed E-state index contributed by atoms with van der Waals surface area (Å²) in [5, 5.41) is 0. The van der Waals surface area contributed by atoms with E-state index in [4.69, 9.17) is 37.9 Å². The van der Waals surface area contributed by atoms with Crippen LogP contribution in [0.15, 0.2) is 0 Å². The minimum Gasteiger partial charge on any atom is -0.376 e. The van der Waals surface area contributed by atoms with Crippen molar-refractivity contribution in [1.82, 2.24) is 10.9 Å². The van der Waals surface area contributed by atoms with E-state index < -0.39 is 0 Å². The Labute approximate surface area is 165 Å². The van der Waals surface area contributed by atoms with Crippen molar-refractivity contribution in [2.45, 2.75) is 36.6 Å². The first-order valence-electron chi connectivity index (χ1n) is 10.2. The van der Waals surface area contributed by atoms with Crippen molar-refractivity contribution in [2.24, 2.45) is 0 Å². The number of rotatable bonds is 19. The number of nitrogens with one attached hydrogen (secondary N) is 2. The van der Waals surface area contributed by atoms with Crippen LogP contribution in [0.4, 0.5) is 0 Å². The van der Waals surface area contributed by atoms with Gasteiger partial charge in [-0.3, -0.25) is 10.9 Å². The van der Waals surface area contributed by atoms with Gasteiger partial charge in [-0.1, -0.05) is 0 Å². The average Bonchev–Trinajstić information content (AvgIpc) is 3.56. The monoisotopic (exact) mass is 404 g/mol. The molecule has 4 fully saturated rings. The number of epoxide rings is 4. The highest BCUT2D eigenvalue weighted by Gasteiger charge is 2.27. The summed E-state index contributed by atoms with van der Waals surface area (Å²) >= 11 is 0. The Bertz CT molecular complexity index is 403. The molecule has 6 atom stereocenters. The van der Waals surface area contributed by atoms with E-state index in [1.807, 2.05) is 0 Å². The lowest BCUT2D eigenvalue weighted by atomic mass is 10.3. The second-order valence-electron chi connectivity index (χ2n) is 7.57. The average molecular weight is 404 g/mol. The van der Waals surface area contributed by atoms with Gasteiger partial charge in [-0.25, -0.2) is 0 Å². The van der Waals surface area contributed by atoms with E-state index in [1.165, 1.54) is 0 Å². The molecule has 6 unspecified atom stereocenters. The van der Waals surface area contributed by atoms with Crippen molar-refractivity contribution in [3.63, 3.8) is 0 Å². The minimum absolute atomic E-state index is 0.0575. The molecule has 4 aliphatic heterocycles. The highest BCUT2D eigenvalue weighted by molar-refractivity contribution is 4.73. The molecule has 4 rings (SSSR count). The molecule has 28 heavy (non-hydrogen) atoms. The summed E-state index contributed by atoms with van der Waals surface area (Å²) in [6.07, 6.45) is 0.867. The van der Waals surface area contributed by atoms with Gasteiger partial charge in [-0.2, -0.15) is 0 Å². The maximum Gasteiger partial charge on any atom is 0.104 e. The topological polar surface area (TPSA) is 111 Å². The maximum absolute atomic E-state index is 5.88. The van der Waals surface area contributed by atoms with Gasteiger partial charge in [0.15, 0.2) is 0 Å². The Morgan fingerprint density at radius 1 is 0.607 bits per heavy atom. The predicted octanol–water partition coefficient (Wildman–Crippen LogP) is -1.52. The fourth-order valence-corrected chi connectivity index (χ4v) is 2.51. The molecule has 10 nitrogen and oxygen atoms in total. The fraction of sp³-hybridized carbons (Fsp3) is 1.00. The lowest BCUT2D eigenvalue weighted by Crippen LogP contribution is -2.45. The van der Waals surface area contributed by atoms with Gasteiger partial charge >= 0.3 is 0 Å². The Morgan fingerprint density at radius 2 is 0.964 bits per heavy atom. The zero-order valence-electron chi connectivity index (χ0n) is 16.2. The smallest absolute Gasteiger partial charge is 0.104 e. The van der Waals surface area contributed by atoms with Crippen LogP contribution in [0, 0.1) is 0 Å². The van der Waals surface area contributed by atoms with Crippen LogP contribution >= 0.6 is 0 Å². The summed E-state index contributed by atoms with van der Waals surface area (Å²) in [6.45, 7) is 7.86. The Kier molecular flexibility index (Phi) is 8.28. The molecule has 4 heterocycles. The predicted molar refractivity (Wildman–Crippen MR) is 96.1 cm³/mol. The second-order valence-corrected chi connectivity index (χ2v) is 7.57. The Balaban J connectivity index is 1.08. The largest absolute Gasteiger partial charge is 0.376 e. The highest BCUT2D eigenvalue weighted by atomic mass is 16.6. The van der Waals surface area contributed by atoms with Crippen LogP contribution in [0.2, 0.25) is 0 Å². The van der Waals surface area contributed by atoms with Gasteiger partial charge < -0.3 is 37.9 Å². The van der Waals surface area contributed by atoms with Crippen molar-refractivity contribution in [3.05, 3.63) is 0 Å². The molecule has 0 aromatic carbocycles.